The lowest BCUT2D eigenvalue weighted by Crippen LogP contribution is -2.31. The first-order chi connectivity index (χ1) is 10.1. The molecule has 1 aliphatic heterocycles. The van der Waals surface area contributed by atoms with Gasteiger partial charge in [-0.25, -0.2) is 0 Å². The molecule has 1 saturated carbocycles. The van der Waals surface area contributed by atoms with E-state index < -0.39 is 11.9 Å². The highest BCUT2D eigenvalue weighted by Crippen LogP contribution is 2.44. The molecule has 21 heavy (non-hydrogen) atoms. The van der Waals surface area contributed by atoms with Crippen molar-refractivity contribution in [2.45, 2.75) is 19.3 Å². The molecule has 112 valence electrons. The highest BCUT2D eigenvalue weighted by atomic mass is 35.5. The topological polar surface area (TPSA) is 57.6 Å². The fourth-order valence-electron chi connectivity index (χ4n) is 3.21. The van der Waals surface area contributed by atoms with E-state index in [2.05, 4.69) is 0 Å². The zero-order chi connectivity index (χ0) is 15.0. The summed E-state index contributed by atoms with van der Waals surface area (Å²) in [6.07, 6.45) is 2.44. The van der Waals surface area contributed by atoms with E-state index in [1.807, 2.05) is 18.2 Å². The highest BCUT2D eigenvalue weighted by molar-refractivity contribution is 6.31. The summed E-state index contributed by atoms with van der Waals surface area (Å²) in [4.78, 5) is 25.5. The van der Waals surface area contributed by atoms with Crippen molar-refractivity contribution < 1.29 is 14.7 Å². The Bertz CT molecular complexity index is 570. The molecule has 4 nitrogen and oxygen atoms in total. The largest absolute Gasteiger partial charge is 0.481 e. The molecule has 0 bridgehead atoms. The van der Waals surface area contributed by atoms with E-state index in [1.54, 1.807) is 11.0 Å². The van der Waals surface area contributed by atoms with Crippen molar-refractivity contribution in [3.8, 4) is 0 Å². The maximum atomic E-state index is 12.4. The van der Waals surface area contributed by atoms with Gasteiger partial charge in [-0.05, 0) is 36.3 Å². The van der Waals surface area contributed by atoms with Crippen molar-refractivity contribution in [1.82, 2.24) is 4.90 Å². The van der Waals surface area contributed by atoms with Crippen molar-refractivity contribution >= 4 is 23.5 Å². The number of likely N-dealkylation sites (tertiary alicyclic amines) is 1. The van der Waals surface area contributed by atoms with Crippen LogP contribution in [0.3, 0.4) is 0 Å². The van der Waals surface area contributed by atoms with Gasteiger partial charge in [-0.3, -0.25) is 9.59 Å². The van der Waals surface area contributed by atoms with Crippen molar-refractivity contribution in [3.05, 3.63) is 34.9 Å². The van der Waals surface area contributed by atoms with Crippen LogP contribution in [0.15, 0.2) is 24.3 Å². The van der Waals surface area contributed by atoms with Crippen LogP contribution in [0.4, 0.5) is 0 Å². The van der Waals surface area contributed by atoms with Crippen LogP contribution in [0.1, 0.15) is 18.4 Å². The van der Waals surface area contributed by atoms with Crippen LogP contribution >= 0.6 is 11.6 Å². The molecule has 2 atom stereocenters. The Morgan fingerprint density at radius 3 is 2.57 bits per heavy atom. The smallest absolute Gasteiger partial charge is 0.308 e. The first kappa shape index (κ1) is 14.4. The van der Waals surface area contributed by atoms with Crippen molar-refractivity contribution in [3.63, 3.8) is 0 Å². The lowest BCUT2D eigenvalue weighted by Gasteiger charge is -2.16. The van der Waals surface area contributed by atoms with Crippen LogP contribution in [-0.4, -0.2) is 35.0 Å². The fourth-order valence-corrected chi connectivity index (χ4v) is 3.41. The Kier molecular flexibility index (Phi) is 3.89. The van der Waals surface area contributed by atoms with Crippen LogP contribution in [0.25, 0.3) is 0 Å². The fraction of sp³-hybridized carbons (Fsp3) is 0.500. The van der Waals surface area contributed by atoms with Crippen molar-refractivity contribution in [1.29, 1.82) is 0 Å². The Morgan fingerprint density at radius 1 is 1.24 bits per heavy atom. The average molecular weight is 308 g/mol. The third kappa shape index (κ3) is 3.05. The minimum atomic E-state index is -0.778. The van der Waals surface area contributed by atoms with Crippen LogP contribution in [0.5, 0.6) is 0 Å². The summed E-state index contributed by atoms with van der Waals surface area (Å²) in [5, 5.41) is 9.92. The third-order valence-corrected chi connectivity index (χ3v) is 4.93. The quantitative estimate of drug-likeness (QED) is 0.929. The van der Waals surface area contributed by atoms with E-state index in [4.69, 9.17) is 11.6 Å². The first-order valence-corrected chi connectivity index (χ1v) is 7.68. The molecule has 0 aromatic heterocycles. The minimum absolute atomic E-state index is 0.0301. The lowest BCUT2D eigenvalue weighted by atomic mass is 9.92. The monoisotopic (exact) mass is 307 g/mol. The van der Waals surface area contributed by atoms with Gasteiger partial charge in [0.2, 0.25) is 5.91 Å². The second-order valence-electron chi connectivity index (χ2n) is 6.01. The van der Waals surface area contributed by atoms with Gasteiger partial charge in [0.1, 0.15) is 0 Å². The normalized spacial score (nSPS) is 25.1. The van der Waals surface area contributed by atoms with Gasteiger partial charge in [0, 0.05) is 18.1 Å². The molecule has 2 aliphatic rings. The average Bonchev–Trinajstić information content (AvgIpc) is 3.19. The van der Waals surface area contributed by atoms with E-state index in [0.29, 0.717) is 24.0 Å². The van der Waals surface area contributed by atoms with Gasteiger partial charge >= 0.3 is 5.97 Å². The molecule has 0 unspecified atom stereocenters. The number of amides is 1. The highest BCUT2D eigenvalue weighted by Gasteiger charge is 2.46. The number of halogens is 1. The van der Waals surface area contributed by atoms with Crippen molar-refractivity contribution in [2.24, 2.45) is 17.8 Å². The molecular weight excluding hydrogens is 290 g/mol. The maximum Gasteiger partial charge on any atom is 0.308 e. The maximum absolute atomic E-state index is 12.4. The van der Waals surface area contributed by atoms with Gasteiger partial charge in [-0.15, -0.1) is 0 Å². The second kappa shape index (κ2) is 5.68. The van der Waals surface area contributed by atoms with Crippen LogP contribution in [0.2, 0.25) is 5.02 Å². The molecule has 0 radical (unpaired) electrons. The molecule has 1 aromatic carbocycles. The number of hydrogen-bond donors (Lipinski definition) is 1. The predicted octanol–water partition coefficient (Wildman–Crippen LogP) is 2.45. The van der Waals surface area contributed by atoms with Gasteiger partial charge in [0.15, 0.2) is 0 Å². The standard InChI is InChI=1S/C16H18ClNO3/c17-14-4-2-1-3-11(14)7-15(19)18-8-12(10-5-6-10)13(9-18)16(20)21/h1-4,10,12-13H,5-9H2,(H,20,21)/t12-,13+/m0/s1. The van der Waals surface area contributed by atoms with Gasteiger partial charge in [-0.2, -0.15) is 0 Å². The number of hydrogen-bond acceptors (Lipinski definition) is 2. The SMILES string of the molecule is O=C(O)[C@@H]1CN(C(=O)Cc2ccccc2Cl)C[C@H]1C1CC1. The van der Waals surface area contributed by atoms with Gasteiger partial charge < -0.3 is 10.0 Å². The van der Waals surface area contributed by atoms with E-state index in [1.165, 1.54) is 0 Å². The van der Waals surface area contributed by atoms with E-state index in [-0.39, 0.29) is 18.2 Å². The van der Waals surface area contributed by atoms with Crippen LogP contribution in [0, 0.1) is 17.8 Å². The zero-order valence-corrected chi connectivity index (χ0v) is 12.4. The number of rotatable bonds is 4. The third-order valence-electron chi connectivity index (χ3n) is 4.56. The Morgan fingerprint density at radius 2 is 1.95 bits per heavy atom. The number of nitrogens with zero attached hydrogens (tertiary/aromatic N) is 1. The van der Waals surface area contributed by atoms with Gasteiger partial charge in [0.05, 0.1) is 12.3 Å². The van der Waals surface area contributed by atoms with Crippen LogP contribution < -0.4 is 0 Å². The summed E-state index contributed by atoms with van der Waals surface area (Å²) in [6.45, 7) is 0.907. The molecule has 3 rings (SSSR count). The number of carbonyl (C=O) groups excluding carboxylic acids is 1. The Hall–Kier alpha value is -1.55. The summed E-state index contributed by atoms with van der Waals surface area (Å²) in [7, 11) is 0. The molecule has 1 aliphatic carbocycles. The molecule has 1 heterocycles. The summed E-state index contributed by atoms with van der Waals surface area (Å²) in [5.74, 6) is -0.605. The first-order valence-electron chi connectivity index (χ1n) is 7.30. The molecule has 1 amide bonds. The summed E-state index contributed by atoms with van der Waals surface area (Å²) < 4.78 is 0. The minimum Gasteiger partial charge on any atom is -0.481 e. The number of carboxylic acids is 1. The number of benzene rings is 1. The summed E-state index contributed by atoms with van der Waals surface area (Å²) in [6, 6.07) is 7.28. The van der Waals surface area contributed by atoms with Crippen LogP contribution in [-0.2, 0) is 16.0 Å². The molecule has 0 spiro atoms. The molecule has 1 saturated heterocycles. The molecule has 1 aromatic rings. The number of aliphatic carboxylic acids is 1. The van der Waals surface area contributed by atoms with E-state index in [9.17, 15) is 14.7 Å². The zero-order valence-electron chi connectivity index (χ0n) is 11.7. The summed E-state index contributed by atoms with van der Waals surface area (Å²) >= 11 is 6.08. The second-order valence-corrected chi connectivity index (χ2v) is 6.42. The number of carboxylic acid groups (broad SMARTS) is 1. The van der Waals surface area contributed by atoms with Crippen molar-refractivity contribution in [2.75, 3.05) is 13.1 Å². The lowest BCUT2D eigenvalue weighted by molar-refractivity contribution is -0.142. The molecule has 2 fully saturated rings. The van der Waals surface area contributed by atoms with E-state index in [0.717, 1.165) is 18.4 Å². The number of carbonyl (C=O) groups is 2. The molecule has 1 N–H and O–H groups in total. The summed E-state index contributed by atoms with van der Waals surface area (Å²) in [5.41, 5.74) is 0.797. The Balaban J connectivity index is 1.68. The Labute approximate surface area is 128 Å². The van der Waals surface area contributed by atoms with Gasteiger partial charge in [-0.1, -0.05) is 29.8 Å². The van der Waals surface area contributed by atoms with Gasteiger partial charge in [0.25, 0.3) is 0 Å². The molecular formula is C16H18ClNO3. The van der Waals surface area contributed by atoms with E-state index >= 15 is 0 Å². The predicted molar refractivity (Wildman–Crippen MR) is 79.1 cm³/mol. The molecule has 5 heteroatoms.